The largest absolute Gasteiger partial charge is 0.492 e. The quantitative estimate of drug-likeness (QED) is 0.791. The van der Waals surface area contributed by atoms with Crippen molar-refractivity contribution < 1.29 is 14.4 Å². The van der Waals surface area contributed by atoms with Crippen LogP contribution < -0.4 is 10.2 Å². The van der Waals surface area contributed by atoms with E-state index in [1.165, 1.54) is 0 Å². The topological polar surface area (TPSA) is 38.7 Å². The smallest absolute Gasteiger partial charge is 0.491 e. The molecule has 2 rings (SSSR count). The first kappa shape index (κ1) is 10.8. The van der Waals surface area contributed by atoms with Crippen LogP contribution in [0.3, 0.4) is 0 Å². The third kappa shape index (κ3) is 2.12. The molecule has 0 saturated carbocycles. The number of rotatable bonds is 3. The highest BCUT2D eigenvalue weighted by molar-refractivity contribution is 6.61. The number of fused-ring (bicyclic) bond motifs is 1. The number of benzene rings is 1. The van der Waals surface area contributed by atoms with Crippen LogP contribution in [0.2, 0.25) is 5.02 Å². The fourth-order valence-electron chi connectivity index (χ4n) is 1.55. The van der Waals surface area contributed by atoms with E-state index in [0.29, 0.717) is 24.0 Å². The van der Waals surface area contributed by atoms with Gasteiger partial charge in [-0.3, -0.25) is 0 Å². The molecule has 3 nitrogen and oxygen atoms in total. The molecule has 1 aliphatic heterocycles. The van der Waals surface area contributed by atoms with E-state index in [0.717, 1.165) is 17.4 Å². The second kappa shape index (κ2) is 4.43. The lowest BCUT2D eigenvalue weighted by molar-refractivity contribution is 0.275. The second-order valence-corrected chi connectivity index (χ2v) is 3.90. The van der Waals surface area contributed by atoms with Crippen molar-refractivity contribution in [2.24, 2.45) is 0 Å². The average molecular weight is 226 g/mol. The number of hydrogen-bond donors (Lipinski definition) is 1. The van der Waals surface area contributed by atoms with Gasteiger partial charge in [0.2, 0.25) is 0 Å². The van der Waals surface area contributed by atoms with Crippen molar-refractivity contribution in [3.63, 3.8) is 0 Å². The van der Waals surface area contributed by atoms with Gasteiger partial charge in [-0.15, -0.1) is 0 Å². The molecule has 0 fully saturated rings. The van der Waals surface area contributed by atoms with Gasteiger partial charge in [-0.05, 0) is 29.6 Å². The van der Waals surface area contributed by atoms with Crippen molar-refractivity contribution >= 4 is 24.2 Å². The van der Waals surface area contributed by atoms with Gasteiger partial charge in [-0.25, -0.2) is 0 Å². The minimum Gasteiger partial charge on any atom is -0.492 e. The number of halogens is 1. The van der Waals surface area contributed by atoms with Crippen LogP contribution in [0.4, 0.5) is 0 Å². The van der Waals surface area contributed by atoms with E-state index in [1.807, 2.05) is 6.92 Å². The van der Waals surface area contributed by atoms with E-state index in [2.05, 4.69) is 0 Å². The van der Waals surface area contributed by atoms with Gasteiger partial charge < -0.3 is 14.4 Å². The van der Waals surface area contributed by atoms with Gasteiger partial charge in [0.1, 0.15) is 5.75 Å². The summed E-state index contributed by atoms with van der Waals surface area (Å²) in [5.74, 6) is 0.613. The van der Waals surface area contributed by atoms with Gasteiger partial charge in [-0.2, -0.15) is 0 Å². The third-order valence-electron chi connectivity index (χ3n) is 2.32. The Morgan fingerprint density at radius 3 is 3.13 bits per heavy atom. The molecule has 0 aromatic heterocycles. The van der Waals surface area contributed by atoms with Crippen molar-refractivity contribution in [2.45, 2.75) is 20.0 Å². The first-order valence-corrected chi connectivity index (χ1v) is 5.35. The average Bonchev–Trinajstić information content (AvgIpc) is 2.57. The Labute approximate surface area is 94.1 Å². The molecule has 80 valence electrons. The molecule has 1 heterocycles. The minimum absolute atomic E-state index is 0.407. The molecule has 1 N–H and O–H groups in total. The third-order valence-corrected chi connectivity index (χ3v) is 2.61. The maximum atomic E-state index is 9.50. The molecule has 0 amide bonds. The Morgan fingerprint density at radius 2 is 2.40 bits per heavy atom. The van der Waals surface area contributed by atoms with Gasteiger partial charge in [0.05, 0.1) is 18.2 Å². The van der Waals surface area contributed by atoms with Crippen molar-refractivity contribution in [3.05, 3.63) is 22.7 Å². The minimum atomic E-state index is -0.846. The number of hydrogen-bond acceptors (Lipinski definition) is 3. The standard InChI is InChI=1S/C10H12BClO3/c1-2-3-14-10-5-8-7(4-9(10)12)6-15-11(8)13/h4-5,13H,2-3,6H2,1H3. The molecule has 1 aromatic carbocycles. The van der Waals surface area contributed by atoms with Crippen LogP contribution in [0.15, 0.2) is 12.1 Å². The fraction of sp³-hybridized carbons (Fsp3) is 0.400. The first-order chi connectivity index (χ1) is 7.22. The summed E-state index contributed by atoms with van der Waals surface area (Å²) in [5.41, 5.74) is 1.68. The molecule has 0 spiro atoms. The van der Waals surface area contributed by atoms with Crippen LogP contribution in [0, 0.1) is 0 Å². The predicted molar refractivity (Wildman–Crippen MR) is 59.6 cm³/mol. The van der Waals surface area contributed by atoms with E-state index in [9.17, 15) is 5.02 Å². The molecule has 0 unspecified atom stereocenters. The predicted octanol–water partition coefficient (Wildman–Crippen LogP) is 1.35. The summed E-state index contributed by atoms with van der Waals surface area (Å²) in [4.78, 5) is 0. The maximum Gasteiger partial charge on any atom is 0.491 e. The fourth-order valence-corrected chi connectivity index (χ4v) is 1.79. The van der Waals surface area contributed by atoms with Crippen LogP contribution in [0.25, 0.3) is 0 Å². The molecule has 0 radical (unpaired) electrons. The van der Waals surface area contributed by atoms with E-state index in [-0.39, 0.29) is 0 Å². The molecular weight excluding hydrogens is 214 g/mol. The Kier molecular flexibility index (Phi) is 3.19. The van der Waals surface area contributed by atoms with Crippen molar-refractivity contribution in [2.75, 3.05) is 6.61 Å². The van der Waals surface area contributed by atoms with Gasteiger partial charge in [0.25, 0.3) is 0 Å². The van der Waals surface area contributed by atoms with Crippen LogP contribution in [-0.2, 0) is 11.3 Å². The molecule has 1 aliphatic rings. The lowest BCUT2D eigenvalue weighted by Gasteiger charge is -2.08. The zero-order valence-electron chi connectivity index (χ0n) is 8.50. The Hall–Kier alpha value is -0.705. The summed E-state index contributed by atoms with van der Waals surface area (Å²) in [6.45, 7) is 3.05. The Balaban J connectivity index is 2.28. The molecule has 0 saturated heterocycles. The van der Waals surface area contributed by atoms with E-state index in [4.69, 9.17) is 21.0 Å². The van der Waals surface area contributed by atoms with Crippen molar-refractivity contribution in [1.82, 2.24) is 0 Å². The summed E-state index contributed by atoms with van der Waals surface area (Å²) in [6, 6.07) is 3.54. The van der Waals surface area contributed by atoms with Gasteiger partial charge >= 0.3 is 7.12 Å². The zero-order chi connectivity index (χ0) is 10.8. The molecule has 0 aliphatic carbocycles. The highest BCUT2D eigenvalue weighted by Crippen LogP contribution is 2.27. The van der Waals surface area contributed by atoms with Crippen molar-refractivity contribution in [3.8, 4) is 5.75 Å². The number of ether oxygens (including phenoxy) is 1. The van der Waals surface area contributed by atoms with Gasteiger partial charge in [0.15, 0.2) is 0 Å². The Bertz CT molecular complexity index is 370. The van der Waals surface area contributed by atoms with E-state index in [1.54, 1.807) is 12.1 Å². The first-order valence-electron chi connectivity index (χ1n) is 4.97. The lowest BCUT2D eigenvalue weighted by atomic mass is 9.79. The lowest BCUT2D eigenvalue weighted by Crippen LogP contribution is -2.28. The Morgan fingerprint density at radius 1 is 1.60 bits per heavy atom. The monoisotopic (exact) mass is 226 g/mol. The van der Waals surface area contributed by atoms with Crippen LogP contribution in [-0.4, -0.2) is 18.7 Å². The highest BCUT2D eigenvalue weighted by atomic mass is 35.5. The zero-order valence-corrected chi connectivity index (χ0v) is 9.25. The molecule has 0 bridgehead atoms. The van der Waals surface area contributed by atoms with Gasteiger partial charge in [0, 0.05) is 0 Å². The summed E-state index contributed by atoms with van der Waals surface area (Å²) in [7, 11) is -0.846. The highest BCUT2D eigenvalue weighted by Gasteiger charge is 2.28. The van der Waals surface area contributed by atoms with Crippen molar-refractivity contribution in [1.29, 1.82) is 0 Å². The second-order valence-electron chi connectivity index (χ2n) is 3.49. The SMILES string of the molecule is CCCOc1cc2c(cc1Cl)COB2O. The van der Waals surface area contributed by atoms with Crippen LogP contribution in [0.5, 0.6) is 5.75 Å². The maximum absolute atomic E-state index is 9.50. The molecule has 1 aromatic rings. The molecule has 5 heteroatoms. The summed E-state index contributed by atoms with van der Waals surface area (Å²) < 4.78 is 10.5. The van der Waals surface area contributed by atoms with Crippen LogP contribution in [0.1, 0.15) is 18.9 Å². The summed E-state index contributed by atoms with van der Waals surface area (Å²) in [5, 5.41) is 10.1. The van der Waals surface area contributed by atoms with Crippen LogP contribution >= 0.6 is 11.6 Å². The molecular formula is C10H12BClO3. The summed E-state index contributed by atoms with van der Waals surface area (Å²) >= 11 is 6.03. The molecule has 15 heavy (non-hydrogen) atoms. The normalized spacial score (nSPS) is 14.2. The summed E-state index contributed by atoms with van der Waals surface area (Å²) in [6.07, 6.45) is 0.923. The van der Waals surface area contributed by atoms with E-state index >= 15 is 0 Å². The van der Waals surface area contributed by atoms with E-state index < -0.39 is 7.12 Å². The molecule has 0 atom stereocenters. The van der Waals surface area contributed by atoms with Gasteiger partial charge in [-0.1, -0.05) is 18.5 Å².